The number of para-hydroxylation sites is 1. The van der Waals surface area contributed by atoms with Gasteiger partial charge in [0.05, 0.1) is 0 Å². The van der Waals surface area contributed by atoms with Crippen LogP contribution in [0.5, 0.6) is 0 Å². The van der Waals surface area contributed by atoms with Crippen molar-refractivity contribution in [1.82, 2.24) is 9.88 Å². The first-order valence-corrected chi connectivity index (χ1v) is 9.62. The predicted octanol–water partition coefficient (Wildman–Crippen LogP) is 4.57. The predicted molar refractivity (Wildman–Crippen MR) is 101 cm³/mol. The van der Waals surface area contributed by atoms with Gasteiger partial charge in [0.25, 0.3) is 0 Å². The second-order valence-electron chi connectivity index (χ2n) is 6.24. The van der Waals surface area contributed by atoms with Crippen LogP contribution in [0.1, 0.15) is 5.56 Å². The maximum Gasteiger partial charge on any atom is 0.123 e. The Labute approximate surface area is 146 Å². The van der Waals surface area contributed by atoms with Crippen molar-refractivity contribution in [2.24, 2.45) is 0 Å². The molecular formula is C20H21FN2S. The zero-order valence-electron chi connectivity index (χ0n) is 13.6. The van der Waals surface area contributed by atoms with E-state index in [-0.39, 0.29) is 5.82 Å². The summed E-state index contributed by atoms with van der Waals surface area (Å²) in [6.45, 7) is 3.40. The second-order valence-corrected chi connectivity index (χ2v) is 7.46. The van der Waals surface area contributed by atoms with Gasteiger partial charge in [0.1, 0.15) is 5.82 Å². The molecule has 0 spiro atoms. The molecule has 2 nitrogen and oxygen atoms in total. The fourth-order valence-corrected chi connectivity index (χ4v) is 4.42. The van der Waals surface area contributed by atoms with E-state index in [4.69, 9.17) is 0 Å². The minimum Gasteiger partial charge on any atom is -0.354 e. The number of H-pyrrole nitrogens is 1. The van der Waals surface area contributed by atoms with Crippen molar-refractivity contribution in [2.45, 2.75) is 6.42 Å². The van der Waals surface area contributed by atoms with E-state index in [0.717, 1.165) is 29.7 Å². The maximum absolute atomic E-state index is 13.7. The molecule has 4 heteroatoms. The third-order valence-electron chi connectivity index (χ3n) is 4.71. The number of hydrogen-bond acceptors (Lipinski definition) is 2. The molecule has 3 aromatic rings. The molecule has 0 saturated carbocycles. The van der Waals surface area contributed by atoms with E-state index in [1.807, 2.05) is 23.9 Å². The summed E-state index contributed by atoms with van der Waals surface area (Å²) < 4.78 is 13.7. The molecule has 0 aliphatic carbocycles. The molecule has 24 heavy (non-hydrogen) atoms. The topological polar surface area (TPSA) is 19.0 Å². The van der Waals surface area contributed by atoms with Crippen LogP contribution in [0, 0.1) is 5.82 Å². The third-order valence-corrected chi connectivity index (χ3v) is 5.65. The van der Waals surface area contributed by atoms with Gasteiger partial charge in [-0.15, -0.1) is 0 Å². The highest BCUT2D eigenvalue weighted by Gasteiger charge is 2.16. The molecule has 2 heterocycles. The molecule has 0 unspecified atom stereocenters. The van der Waals surface area contributed by atoms with E-state index in [2.05, 4.69) is 28.1 Å². The summed E-state index contributed by atoms with van der Waals surface area (Å²) in [6.07, 6.45) is 0.987. The van der Waals surface area contributed by atoms with Crippen LogP contribution in [0.2, 0.25) is 0 Å². The van der Waals surface area contributed by atoms with Gasteiger partial charge in [-0.2, -0.15) is 11.8 Å². The Morgan fingerprint density at radius 2 is 1.88 bits per heavy atom. The van der Waals surface area contributed by atoms with Crippen LogP contribution in [0.15, 0.2) is 48.5 Å². The van der Waals surface area contributed by atoms with Crippen LogP contribution in [0.4, 0.5) is 4.39 Å². The minimum atomic E-state index is -0.190. The average Bonchev–Trinajstić information content (AvgIpc) is 2.99. The van der Waals surface area contributed by atoms with Crippen molar-refractivity contribution in [3.8, 4) is 11.3 Å². The largest absolute Gasteiger partial charge is 0.354 e. The van der Waals surface area contributed by atoms with Gasteiger partial charge in [-0.25, -0.2) is 4.39 Å². The molecule has 1 fully saturated rings. The molecule has 1 aliphatic heterocycles. The van der Waals surface area contributed by atoms with Crippen LogP contribution < -0.4 is 0 Å². The third kappa shape index (κ3) is 3.21. The minimum absolute atomic E-state index is 0.190. The van der Waals surface area contributed by atoms with E-state index < -0.39 is 0 Å². The van der Waals surface area contributed by atoms with Crippen LogP contribution in [0.25, 0.3) is 22.2 Å². The molecule has 0 atom stereocenters. The van der Waals surface area contributed by atoms with E-state index in [1.165, 1.54) is 41.6 Å². The lowest BCUT2D eigenvalue weighted by Crippen LogP contribution is -2.34. The van der Waals surface area contributed by atoms with Crippen molar-refractivity contribution in [2.75, 3.05) is 31.1 Å². The van der Waals surface area contributed by atoms with Crippen molar-refractivity contribution >= 4 is 22.7 Å². The Balaban J connectivity index is 1.70. The summed E-state index contributed by atoms with van der Waals surface area (Å²) in [5.74, 6) is 2.26. The Hall–Kier alpha value is -1.78. The van der Waals surface area contributed by atoms with Crippen molar-refractivity contribution < 1.29 is 4.39 Å². The monoisotopic (exact) mass is 340 g/mol. The van der Waals surface area contributed by atoms with E-state index in [0.29, 0.717) is 0 Å². The van der Waals surface area contributed by atoms with E-state index >= 15 is 0 Å². The molecule has 124 valence electrons. The van der Waals surface area contributed by atoms with E-state index in [1.54, 1.807) is 12.1 Å². The number of fused-ring (bicyclic) bond motifs is 1. The van der Waals surface area contributed by atoms with Crippen molar-refractivity contribution in [3.05, 3.63) is 59.9 Å². The fraction of sp³-hybridized carbons (Fsp3) is 0.300. The fourth-order valence-electron chi connectivity index (χ4n) is 3.44. The quantitative estimate of drug-likeness (QED) is 0.750. The highest BCUT2D eigenvalue weighted by molar-refractivity contribution is 7.99. The van der Waals surface area contributed by atoms with Crippen LogP contribution in [0.3, 0.4) is 0 Å². The lowest BCUT2D eigenvalue weighted by atomic mass is 10.0. The van der Waals surface area contributed by atoms with Gasteiger partial charge in [-0.3, -0.25) is 0 Å². The number of benzene rings is 2. The lowest BCUT2D eigenvalue weighted by Gasteiger charge is -2.26. The summed E-state index contributed by atoms with van der Waals surface area (Å²) in [4.78, 5) is 6.04. The molecule has 0 amide bonds. The first kappa shape index (κ1) is 15.7. The molecular weight excluding hydrogens is 319 g/mol. The highest BCUT2D eigenvalue weighted by atomic mass is 32.2. The molecule has 1 saturated heterocycles. The maximum atomic E-state index is 13.7. The second kappa shape index (κ2) is 6.99. The Bertz CT molecular complexity index is 837. The van der Waals surface area contributed by atoms with Crippen LogP contribution in [-0.4, -0.2) is 41.0 Å². The number of thioether (sulfide) groups is 1. The van der Waals surface area contributed by atoms with Crippen LogP contribution in [-0.2, 0) is 6.42 Å². The number of rotatable bonds is 4. The van der Waals surface area contributed by atoms with E-state index in [9.17, 15) is 4.39 Å². The Morgan fingerprint density at radius 3 is 2.71 bits per heavy atom. The Kier molecular flexibility index (Phi) is 4.58. The van der Waals surface area contributed by atoms with Gasteiger partial charge in [-0.1, -0.05) is 30.3 Å². The molecule has 2 aromatic carbocycles. The number of nitrogens with zero attached hydrogens (tertiary/aromatic N) is 1. The number of nitrogens with one attached hydrogen (secondary N) is 1. The SMILES string of the molecule is Fc1cccc(-c2[nH]c3ccccc3c2CCN2CCSCC2)c1. The zero-order chi connectivity index (χ0) is 16.4. The number of halogens is 1. The summed E-state index contributed by atoms with van der Waals surface area (Å²) in [5.41, 5.74) is 4.41. The first-order chi connectivity index (χ1) is 11.8. The van der Waals surface area contributed by atoms with Gasteiger partial charge in [-0.05, 0) is 30.2 Å². The van der Waals surface area contributed by atoms with Gasteiger partial charge in [0.2, 0.25) is 0 Å². The van der Waals surface area contributed by atoms with Gasteiger partial charge in [0, 0.05) is 53.3 Å². The molecule has 1 N–H and O–H groups in total. The number of aromatic amines is 1. The summed E-state index contributed by atoms with van der Waals surface area (Å²) >= 11 is 2.04. The van der Waals surface area contributed by atoms with Crippen molar-refractivity contribution in [1.29, 1.82) is 0 Å². The average molecular weight is 340 g/mol. The molecule has 4 rings (SSSR count). The molecule has 1 aromatic heterocycles. The number of hydrogen-bond donors (Lipinski definition) is 1. The highest BCUT2D eigenvalue weighted by Crippen LogP contribution is 2.31. The molecule has 1 aliphatic rings. The van der Waals surface area contributed by atoms with Crippen molar-refractivity contribution in [3.63, 3.8) is 0 Å². The summed E-state index contributed by atoms with van der Waals surface area (Å²) in [5, 5.41) is 1.25. The zero-order valence-corrected chi connectivity index (χ0v) is 14.4. The smallest absolute Gasteiger partial charge is 0.123 e. The van der Waals surface area contributed by atoms with Crippen LogP contribution >= 0.6 is 11.8 Å². The summed E-state index contributed by atoms with van der Waals surface area (Å²) in [7, 11) is 0. The molecule has 0 radical (unpaired) electrons. The standard InChI is InChI=1S/C20H21FN2S/c21-16-5-3-4-15(14-16)20-18(8-9-23-10-12-24-13-11-23)17-6-1-2-7-19(17)22-20/h1-7,14,22H,8-13H2. The first-order valence-electron chi connectivity index (χ1n) is 8.47. The Morgan fingerprint density at radius 1 is 1.04 bits per heavy atom. The van der Waals surface area contributed by atoms with Gasteiger partial charge < -0.3 is 9.88 Å². The summed E-state index contributed by atoms with van der Waals surface area (Å²) in [6, 6.07) is 15.3. The normalized spacial score (nSPS) is 15.9. The van der Waals surface area contributed by atoms with Gasteiger partial charge in [0.15, 0.2) is 0 Å². The molecule has 0 bridgehead atoms. The number of aromatic nitrogens is 1. The lowest BCUT2D eigenvalue weighted by molar-refractivity contribution is 0.307. The van der Waals surface area contributed by atoms with Gasteiger partial charge >= 0.3 is 0 Å².